The summed E-state index contributed by atoms with van der Waals surface area (Å²) in [5.41, 5.74) is 3.01. The van der Waals surface area contributed by atoms with E-state index in [0.717, 1.165) is 16.0 Å². The first-order valence-corrected chi connectivity index (χ1v) is 10.9. The number of methoxy groups -OCH3 is 1. The van der Waals surface area contributed by atoms with Gasteiger partial charge in [-0.2, -0.15) is 0 Å². The van der Waals surface area contributed by atoms with E-state index in [1.165, 1.54) is 0 Å². The van der Waals surface area contributed by atoms with Gasteiger partial charge in [-0.1, -0.05) is 54.1 Å². The van der Waals surface area contributed by atoms with Crippen LogP contribution >= 0.6 is 11.6 Å². The molecule has 0 radical (unpaired) electrons. The number of ether oxygens (including phenoxy) is 1. The van der Waals surface area contributed by atoms with Crippen molar-refractivity contribution >= 4 is 40.7 Å². The first-order chi connectivity index (χ1) is 16.4. The highest BCUT2D eigenvalue weighted by molar-refractivity contribution is 6.48. The predicted octanol–water partition coefficient (Wildman–Crippen LogP) is 4.69. The molecule has 1 aliphatic rings. The number of hydrogen-bond donors (Lipinski definition) is 2. The van der Waals surface area contributed by atoms with E-state index in [1.54, 1.807) is 49.6 Å². The van der Waals surface area contributed by atoms with E-state index in [9.17, 15) is 14.4 Å². The second-order valence-corrected chi connectivity index (χ2v) is 8.09. The van der Waals surface area contributed by atoms with Crippen molar-refractivity contribution in [2.75, 3.05) is 17.7 Å². The van der Waals surface area contributed by atoms with Crippen LogP contribution in [0.25, 0.3) is 0 Å². The summed E-state index contributed by atoms with van der Waals surface area (Å²) in [7, 11) is 1.55. The van der Waals surface area contributed by atoms with Crippen LogP contribution in [0.4, 0.5) is 11.4 Å². The van der Waals surface area contributed by atoms with Crippen molar-refractivity contribution in [1.82, 2.24) is 4.90 Å². The molecule has 0 aliphatic carbocycles. The van der Waals surface area contributed by atoms with Crippen LogP contribution in [0.5, 0.6) is 5.75 Å². The third kappa shape index (κ3) is 4.79. The summed E-state index contributed by atoms with van der Waals surface area (Å²) in [5, 5.41) is 5.60. The Kier molecular flexibility index (Phi) is 6.65. The highest BCUT2D eigenvalue weighted by Gasteiger charge is 2.38. The minimum Gasteiger partial charge on any atom is -0.497 e. The molecular weight excluding hydrogens is 454 g/mol. The normalized spacial score (nSPS) is 13.3. The van der Waals surface area contributed by atoms with Gasteiger partial charge in [-0.05, 0) is 42.3 Å². The largest absolute Gasteiger partial charge is 0.497 e. The van der Waals surface area contributed by atoms with Gasteiger partial charge in [0, 0.05) is 23.0 Å². The van der Waals surface area contributed by atoms with Gasteiger partial charge in [0.2, 0.25) is 0 Å². The molecular formula is C26H22ClN3O4. The summed E-state index contributed by atoms with van der Waals surface area (Å²) in [4.78, 5) is 39.5. The zero-order chi connectivity index (χ0) is 24.2. The van der Waals surface area contributed by atoms with Crippen molar-refractivity contribution in [3.05, 3.63) is 100 Å². The number of hydrogen-bond acceptors (Lipinski definition) is 5. The number of nitrogens with one attached hydrogen (secondary N) is 2. The van der Waals surface area contributed by atoms with Gasteiger partial charge in [0.15, 0.2) is 0 Å². The molecule has 4 rings (SSSR count). The van der Waals surface area contributed by atoms with E-state index in [4.69, 9.17) is 16.3 Å². The lowest BCUT2D eigenvalue weighted by Gasteiger charge is -2.16. The first-order valence-electron chi connectivity index (χ1n) is 10.5. The van der Waals surface area contributed by atoms with Gasteiger partial charge in [-0.25, -0.2) is 0 Å². The van der Waals surface area contributed by atoms with Crippen LogP contribution in [0.2, 0.25) is 0 Å². The number of rotatable bonds is 7. The van der Waals surface area contributed by atoms with Gasteiger partial charge in [-0.15, -0.1) is 0 Å². The molecule has 0 saturated heterocycles. The quantitative estimate of drug-likeness (QED) is 0.484. The molecule has 3 aromatic rings. The molecule has 0 saturated carbocycles. The Hall–Kier alpha value is -4.10. The zero-order valence-corrected chi connectivity index (χ0v) is 19.3. The molecule has 0 atom stereocenters. The van der Waals surface area contributed by atoms with E-state index in [-0.39, 0.29) is 23.2 Å². The SMILES string of the molecule is COc1cccc(NC(=O)c2ccc(C)c(NC3=C(Cl)C(=O)N(Cc4ccccc4)C3=O)c2)c1. The fourth-order valence-corrected chi connectivity index (χ4v) is 3.73. The third-order valence-corrected chi connectivity index (χ3v) is 5.73. The van der Waals surface area contributed by atoms with Gasteiger partial charge in [0.1, 0.15) is 16.5 Å². The lowest BCUT2D eigenvalue weighted by atomic mass is 10.1. The van der Waals surface area contributed by atoms with Gasteiger partial charge < -0.3 is 15.4 Å². The number of benzene rings is 3. The van der Waals surface area contributed by atoms with Crippen LogP contribution in [-0.4, -0.2) is 29.7 Å². The molecule has 8 heteroatoms. The third-order valence-electron chi connectivity index (χ3n) is 5.38. The van der Waals surface area contributed by atoms with E-state index in [1.807, 2.05) is 37.3 Å². The van der Waals surface area contributed by atoms with Crippen LogP contribution in [0.1, 0.15) is 21.5 Å². The van der Waals surface area contributed by atoms with Crippen LogP contribution in [0.15, 0.2) is 83.5 Å². The van der Waals surface area contributed by atoms with E-state index >= 15 is 0 Å². The van der Waals surface area contributed by atoms with Crippen LogP contribution < -0.4 is 15.4 Å². The van der Waals surface area contributed by atoms with Crippen LogP contribution in [0, 0.1) is 6.92 Å². The minimum atomic E-state index is -0.567. The van der Waals surface area contributed by atoms with Crippen molar-refractivity contribution in [2.45, 2.75) is 13.5 Å². The Bertz CT molecular complexity index is 1300. The van der Waals surface area contributed by atoms with Crippen molar-refractivity contribution in [1.29, 1.82) is 0 Å². The fraction of sp³-hybridized carbons (Fsp3) is 0.115. The van der Waals surface area contributed by atoms with Crippen LogP contribution in [-0.2, 0) is 16.1 Å². The second kappa shape index (κ2) is 9.80. The average molecular weight is 476 g/mol. The van der Waals surface area contributed by atoms with E-state index in [0.29, 0.717) is 22.7 Å². The molecule has 0 fully saturated rings. The second-order valence-electron chi connectivity index (χ2n) is 7.71. The summed E-state index contributed by atoms with van der Waals surface area (Å²) in [6.07, 6.45) is 0. The highest BCUT2D eigenvalue weighted by Crippen LogP contribution is 2.29. The molecule has 34 heavy (non-hydrogen) atoms. The summed E-state index contributed by atoms with van der Waals surface area (Å²) >= 11 is 6.24. The molecule has 0 aromatic heterocycles. The minimum absolute atomic E-state index is 0.0175. The maximum Gasteiger partial charge on any atom is 0.279 e. The molecule has 3 amide bonds. The Morgan fingerprint density at radius 2 is 1.74 bits per heavy atom. The lowest BCUT2D eigenvalue weighted by Crippen LogP contribution is -2.31. The summed E-state index contributed by atoms with van der Waals surface area (Å²) in [6.45, 7) is 1.94. The zero-order valence-electron chi connectivity index (χ0n) is 18.6. The number of carbonyl (C=O) groups excluding carboxylic acids is 3. The number of carbonyl (C=O) groups is 3. The molecule has 2 N–H and O–H groups in total. The Labute approximate surface area is 202 Å². The average Bonchev–Trinajstić information content (AvgIpc) is 3.04. The number of imide groups is 1. The fourth-order valence-electron chi connectivity index (χ4n) is 3.50. The van der Waals surface area contributed by atoms with Crippen molar-refractivity contribution in [2.24, 2.45) is 0 Å². The number of anilines is 2. The predicted molar refractivity (Wildman–Crippen MR) is 131 cm³/mol. The number of aryl methyl sites for hydroxylation is 1. The van der Waals surface area contributed by atoms with Crippen molar-refractivity contribution < 1.29 is 19.1 Å². The molecule has 0 spiro atoms. The molecule has 0 unspecified atom stereocenters. The van der Waals surface area contributed by atoms with Gasteiger partial charge in [0.25, 0.3) is 17.7 Å². The highest BCUT2D eigenvalue weighted by atomic mass is 35.5. The van der Waals surface area contributed by atoms with Crippen molar-refractivity contribution in [3.8, 4) is 5.75 Å². The van der Waals surface area contributed by atoms with Crippen LogP contribution in [0.3, 0.4) is 0 Å². The Morgan fingerprint density at radius 1 is 0.971 bits per heavy atom. The Morgan fingerprint density at radius 3 is 2.47 bits per heavy atom. The summed E-state index contributed by atoms with van der Waals surface area (Å²) in [5.74, 6) is -0.807. The van der Waals surface area contributed by atoms with Gasteiger partial charge >= 0.3 is 0 Å². The molecule has 1 heterocycles. The topological polar surface area (TPSA) is 87.7 Å². The first kappa shape index (κ1) is 23.1. The number of nitrogens with zero attached hydrogens (tertiary/aromatic N) is 1. The van der Waals surface area contributed by atoms with E-state index in [2.05, 4.69) is 10.6 Å². The maximum atomic E-state index is 13.0. The van der Waals surface area contributed by atoms with E-state index < -0.39 is 11.8 Å². The lowest BCUT2D eigenvalue weighted by molar-refractivity contribution is -0.138. The number of halogens is 1. The summed E-state index contributed by atoms with van der Waals surface area (Å²) in [6, 6.07) is 21.2. The van der Waals surface area contributed by atoms with Gasteiger partial charge in [0.05, 0.1) is 13.7 Å². The number of amides is 3. The molecule has 0 bridgehead atoms. The molecule has 1 aliphatic heterocycles. The standard InChI is InChI=1S/C26H22ClN3O4/c1-16-11-12-18(24(31)28-19-9-6-10-20(14-19)34-2)13-21(16)29-23-22(27)25(32)30(26(23)33)15-17-7-4-3-5-8-17/h3-14,29H,15H2,1-2H3,(H,28,31). The smallest absolute Gasteiger partial charge is 0.279 e. The Balaban J connectivity index is 1.53. The summed E-state index contributed by atoms with van der Waals surface area (Å²) < 4.78 is 5.18. The monoisotopic (exact) mass is 475 g/mol. The molecule has 172 valence electrons. The van der Waals surface area contributed by atoms with Gasteiger partial charge in [-0.3, -0.25) is 19.3 Å². The molecule has 3 aromatic carbocycles. The molecule has 7 nitrogen and oxygen atoms in total. The van der Waals surface area contributed by atoms with Crippen molar-refractivity contribution in [3.63, 3.8) is 0 Å². The maximum absolute atomic E-state index is 13.0.